The topological polar surface area (TPSA) is 75.7 Å². The number of nitrogens with one attached hydrogen (secondary N) is 1. The standard InChI is InChI=1S/C22H28N2O4S/c1-6-11-24(12-18-9-7-14(2)8-10-18)19(26)13-28-22(27)20-15(3)16(4)29-21(20)23-17(5)25/h7-10H,6,11-13H2,1-5H3,(H,23,25). The Morgan fingerprint density at radius 3 is 2.34 bits per heavy atom. The van der Waals surface area contributed by atoms with E-state index >= 15 is 0 Å². The quantitative estimate of drug-likeness (QED) is 0.654. The number of carbonyl (C=O) groups is 3. The molecular weight excluding hydrogens is 388 g/mol. The Balaban J connectivity index is 2.06. The third-order valence-electron chi connectivity index (χ3n) is 4.55. The van der Waals surface area contributed by atoms with Gasteiger partial charge in [-0.25, -0.2) is 4.79 Å². The first-order valence-corrected chi connectivity index (χ1v) is 10.4. The van der Waals surface area contributed by atoms with Gasteiger partial charge in [-0.15, -0.1) is 11.3 Å². The molecule has 1 heterocycles. The molecule has 0 aliphatic heterocycles. The molecule has 0 bridgehead atoms. The summed E-state index contributed by atoms with van der Waals surface area (Å²) in [4.78, 5) is 39.3. The molecule has 7 heteroatoms. The van der Waals surface area contributed by atoms with E-state index in [1.54, 1.807) is 11.8 Å². The molecular formula is C22H28N2O4S. The van der Waals surface area contributed by atoms with E-state index in [4.69, 9.17) is 4.74 Å². The first kappa shape index (κ1) is 22.6. The van der Waals surface area contributed by atoms with Crippen LogP contribution in [-0.2, 0) is 20.9 Å². The zero-order valence-corrected chi connectivity index (χ0v) is 18.4. The van der Waals surface area contributed by atoms with Gasteiger partial charge in [-0.05, 0) is 38.3 Å². The van der Waals surface area contributed by atoms with E-state index in [1.807, 2.05) is 45.0 Å². The zero-order valence-electron chi connectivity index (χ0n) is 17.6. The van der Waals surface area contributed by atoms with Crippen molar-refractivity contribution in [2.75, 3.05) is 18.5 Å². The molecule has 0 radical (unpaired) electrons. The minimum absolute atomic E-state index is 0.244. The third-order valence-corrected chi connectivity index (χ3v) is 5.67. The summed E-state index contributed by atoms with van der Waals surface area (Å²) in [7, 11) is 0. The molecule has 29 heavy (non-hydrogen) atoms. The lowest BCUT2D eigenvalue weighted by atomic mass is 10.1. The van der Waals surface area contributed by atoms with Gasteiger partial charge in [-0.2, -0.15) is 0 Å². The van der Waals surface area contributed by atoms with Crippen LogP contribution in [0.4, 0.5) is 5.00 Å². The van der Waals surface area contributed by atoms with Crippen molar-refractivity contribution in [1.82, 2.24) is 4.90 Å². The summed E-state index contributed by atoms with van der Waals surface area (Å²) >= 11 is 1.32. The molecule has 2 aromatic rings. The minimum Gasteiger partial charge on any atom is -0.452 e. The molecule has 0 saturated heterocycles. The number of rotatable bonds is 8. The molecule has 0 saturated carbocycles. The molecule has 0 spiro atoms. The molecule has 1 N–H and O–H groups in total. The van der Waals surface area contributed by atoms with E-state index < -0.39 is 5.97 Å². The maximum absolute atomic E-state index is 12.7. The summed E-state index contributed by atoms with van der Waals surface area (Å²) in [5.41, 5.74) is 3.26. The number of hydrogen-bond acceptors (Lipinski definition) is 5. The highest BCUT2D eigenvalue weighted by molar-refractivity contribution is 7.16. The van der Waals surface area contributed by atoms with Gasteiger partial charge in [0.05, 0.1) is 5.56 Å². The second-order valence-electron chi connectivity index (χ2n) is 7.05. The largest absolute Gasteiger partial charge is 0.452 e. The number of anilines is 1. The number of carbonyl (C=O) groups excluding carboxylic acids is 3. The summed E-state index contributed by atoms with van der Waals surface area (Å²) in [5.74, 6) is -1.11. The lowest BCUT2D eigenvalue weighted by molar-refractivity contribution is -0.135. The summed E-state index contributed by atoms with van der Waals surface area (Å²) < 4.78 is 5.32. The lowest BCUT2D eigenvalue weighted by Crippen LogP contribution is -2.35. The fourth-order valence-corrected chi connectivity index (χ4v) is 3.98. The van der Waals surface area contributed by atoms with Crippen LogP contribution in [0.3, 0.4) is 0 Å². The van der Waals surface area contributed by atoms with Crippen molar-refractivity contribution in [2.24, 2.45) is 0 Å². The molecule has 0 aliphatic rings. The Labute approximate surface area is 175 Å². The van der Waals surface area contributed by atoms with Crippen LogP contribution < -0.4 is 5.32 Å². The minimum atomic E-state index is -0.601. The Bertz CT molecular complexity index is 887. The summed E-state index contributed by atoms with van der Waals surface area (Å²) in [5, 5.41) is 3.12. The van der Waals surface area contributed by atoms with Crippen molar-refractivity contribution in [1.29, 1.82) is 0 Å². The molecule has 6 nitrogen and oxygen atoms in total. The van der Waals surface area contributed by atoms with Crippen molar-refractivity contribution < 1.29 is 19.1 Å². The smallest absolute Gasteiger partial charge is 0.341 e. The fraction of sp³-hybridized carbons (Fsp3) is 0.409. The van der Waals surface area contributed by atoms with Crippen LogP contribution in [0.2, 0.25) is 0 Å². The summed E-state index contributed by atoms with van der Waals surface area (Å²) in [6, 6.07) is 8.01. The predicted molar refractivity (Wildman–Crippen MR) is 115 cm³/mol. The Morgan fingerprint density at radius 2 is 1.76 bits per heavy atom. The number of esters is 1. The van der Waals surface area contributed by atoms with Crippen LogP contribution >= 0.6 is 11.3 Å². The molecule has 0 fully saturated rings. The molecule has 0 atom stereocenters. The first-order valence-electron chi connectivity index (χ1n) is 9.61. The average molecular weight is 417 g/mol. The van der Waals surface area contributed by atoms with Crippen LogP contribution in [0.1, 0.15) is 52.2 Å². The molecule has 2 rings (SSSR count). The number of benzene rings is 1. The van der Waals surface area contributed by atoms with E-state index in [-0.39, 0.29) is 18.4 Å². The van der Waals surface area contributed by atoms with Gasteiger partial charge in [0.2, 0.25) is 5.91 Å². The molecule has 0 aliphatic carbocycles. The van der Waals surface area contributed by atoms with Crippen LogP contribution in [0.15, 0.2) is 24.3 Å². The number of ether oxygens (including phenoxy) is 1. The molecule has 1 aromatic heterocycles. The van der Waals surface area contributed by atoms with E-state index in [1.165, 1.54) is 18.3 Å². The van der Waals surface area contributed by atoms with Crippen molar-refractivity contribution in [3.8, 4) is 0 Å². The number of nitrogens with zero attached hydrogens (tertiary/aromatic N) is 1. The average Bonchev–Trinajstić information content (AvgIpc) is 2.93. The van der Waals surface area contributed by atoms with Crippen molar-refractivity contribution in [3.63, 3.8) is 0 Å². The Morgan fingerprint density at radius 1 is 1.10 bits per heavy atom. The second kappa shape index (κ2) is 10.2. The zero-order chi connectivity index (χ0) is 21.6. The van der Waals surface area contributed by atoms with Gasteiger partial charge in [0.25, 0.3) is 5.91 Å². The fourth-order valence-electron chi connectivity index (χ4n) is 2.89. The number of thiophene rings is 1. The van der Waals surface area contributed by atoms with Crippen molar-refractivity contribution in [3.05, 3.63) is 51.4 Å². The number of aryl methyl sites for hydroxylation is 2. The van der Waals surface area contributed by atoms with Gasteiger partial charge in [0, 0.05) is 24.9 Å². The van der Waals surface area contributed by atoms with Crippen LogP contribution in [0.5, 0.6) is 0 Å². The van der Waals surface area contributed by atoms with Crippen LogP contribution in [-0.4, -0.2) is 35.8 Å². The predicted octanol–water partition coefficient (Wildman–Crippen LogP) is 4.23. The third kappa shape index (κ3) is 6.15. The van der Waals surface area contributed by atoms with E-state index in [2.05, 4.69) is 5.32 Å². The molecule has 156 valence electrons. The highest BCUT2D eigenvalue weighted by Gasteiger charge is 2.23. The highest BCUT2D eigenvalue weighted by Crippen LogP contribution is 2.33. The van der Waals surface area contributed by atoms with E-state index in [0.717, 1.165) is 28.0 Å². The van der Waals surface area contributed by atoms with Gasteiger partial charge in [0.1, 0.15) is 5.00 Å². The second-order valence-corrected chi connectivity index (χ2v) is 8.27. The Kier molecular flexibility index (Phi) is 7.96. The number of amides is 2. The van der Waals surface area contributed by atoms with Gasteiger partial charge < -0.3 is 15.0 Å². The molecule has 1 aromatic carbocycles. The van der Waals surface area contributed by atoms with Gasteiger partial charge in [-0.3, -0.25) is 9.59 Å². The van der Waals surface area contributed by atoms with E-state index in [9.17, 15) is 14.4 Å². The normalized spacial score (nSPS) is 10.5. The van der Waals surface area contributed by atoms with Gasteiger partial charge in [0.15, 0.2) is 6.61 Å². The maximum atomic E-state index is 12.7. The maximum Gasteiger partial charge on any atom is 0.341 e. The Hall–Kier alpha value is -2.67. The van der Waals surface area contributed by atoms with Crippen molar-refractivity contribution >= 4 is 34.1 Å². The monoisotopic (exact) mass is 416 g/mol. The summed E-state index contributed by atoms with van der Waals surface area (Å²) in [6.07, 6.45) is 0.807. The number of hydrogen-bond donors (Lipinski definition) is 1. The molecule has 0 unspecified atom stereocenters. The summed E-state index contributed by atoms with van der Waals surface area (Å²) in [6.45, 7) is 9.79. The van der Waals surface area contributed by atoms with Crippen LogP contribution in [0.25, 0.3) is 0 Å². The SMILES string of the molecule is CCCN(Cc1ccc(C)cc1)C(=O)COC(=O)c1c(NC(C)=O)sc(C)c1C. The molecule has 2 amide bonds. The lowest BCUT2D eigenvalue weighted by Gasteiger charge is -2.22. The van der Waals surface area contributed by atoms with Crippen molar-refractivity contribution in [2.45, 2.75) is 47.6 Å². The highest BCUT2D eigenvalue weighted by atomic mass is 32.1. The van der Waals surface area contributed by atoms with Gasteiger partial charge >= 0.3 is 5.97 Å². The van der Waals surface area contributed by atoms with Crippen LogP contribution in [0, 0.1) is 20.8 Å². The first-order chi connectivity index (χ1) is 13.7. The van der Waals surface area contributed by atoms with Gasteiger partial charge in [-0.1, -0.05) is 36.8 Å². The van der Waals surface area contributed by atoms with E-state index in [0.29, 0.717) is 23.7 Å².